The highest BCUT2D eigenvalue weighted by atomic mass is 16.3. The molecular formula is C27H35N15O4. The number of hydrazone groups is 1. The molecule has 46 heavy (non-hydrogen) atoms. The van der Waals surface area contributed by atoms with Gasteiger partial charge in [0.2, 0.25) is 5.95 Å². The van der Waals surface area contributed by atoms with E-state index in [0.29, 0.717) is 83.1 Å². The number of nitrogens with two attached hydrogens (primary N) is 6. The molecule has 0 fully saturated rings. The Morgan fingerprint density at radius 3 is 2.20 bits per heavy atom. The Labute approximate surface area is 262 Å². The average molecular weight is 634 g/mol. The van der Waals surface area contributed by atoms with Crippen LogP contribution in [0.15, 0.2) is 47.7 Å². The maximum Gasteiger partial charge on any atom is 0.290 e. The molecule has 0 atom stereocenters. The minimum absolute atomic E-state index is 0.0254. The highest BCUT2D eigenvalue weighted by molar-refractivity contribution is 6.09. The molecule has 242 valence electrons. The molecule has 2 aromatic carbocycles. The van der Waals surface area contributed by atoms with Gasteiger partial charge in [0.05, 0.1) is 29.6 Å². The molecule has 0 spiro atoms. The van der Waals surface area contributed by atoms with Gasteiger partial charge in [0.1, 0.15) is 0 Å². The number of anilines is 5. The number of aromatic nitrogens is 4. The van der Waals surface area contributed by atoms with Gasteiger partial charge in [0.15, 0.2) is 22.8 Å². The quantitative estimate of drug-likeness (QED) is 0.0171. The predicted molar refractivity (Wildman–Crippen MR) is 174 cm³/mol. The van der Waals surface area contributed by atoms with E-state index in [1.165, 1.54) is 6.07 Å². The Balaban J connectivity index is 0.00000185. The summed E-state index contributed by atoms with van der Waals surface area (Å²) in [5.74, 6) is 4.73. The molecule has 4 aromatic rings. The van der Waals surface area contributed by atoms with Crippen LogP contribution in [0.4, 0.5) is 28.8 Å². The molecule has 0 radical (unpaired) electrons. The lowest BCUT2D eigenvalue weighted by atomic mass is 10.0. The monoisotopic (exact) mass is 633 g/mol. The number of unbranched alkanes of at least 4 members (excludes halogenated alkanes) is 1. The van der Waals surface area contributed by atoms with Gasteiger partial charge in [-0.3, -0.25) is 14.4 Å². The van der Waals surface area contributed by atoms with Crippen LogP contribution < -0.4 is 56.0 Å². The number of benzene rings is 2. The van der Waals surface area contributed by atoms with Crippen LogP contribution in [-0.2, 0) is 11.3 Å². The number of rotatable bonds is 12. The molecule has 19 heteroatoms. The number of hydrogen-bond donors (Lipinski definition) is 11. The van der Waals surface area contributed by atoms with E-state index < -0.39 is 0 Å². The Morgan fingerprint density at radius 1 is 0.891 bits per heavy atom. The molecule has 2 aromatic heterocycles. The van der Waals surface area contributed by atoms with Crippen molar-refractivity contribution in [2.45, 2.75) is 19.4 Å². The van der Waals surface area contributed by atoms with Crippen LogP contribution in [0.3, 0.4) is 0 Å². The van der Waals surface area contributed by atoms with E-state index in [1.807, 2.05) is 0 Å². The van der Waals surface area contributed by atoms with Gasteiger partial charge < -0.3 is 49.7 Å². The SMILES string of the molecule is NN/N=C(\N)c1cc(N)ccc1C(=O)NCCCCNC(=O)c1ccc(NCc2cnc3nc(N)nc(N)c3n2)cc1N.O=CO. The van der Waals surface area contributed by atoms with Gasteiger partial charge in [0, 0.05) is 35.7 Å². The summed E-state index contributed by atoms with van der Waals surface area (Å²) in [4.78, 5) is 50.3. The molecule has 19 nitrogen and oxygen atoms in total. The van der Waals surface area contributed by atoms with E-state index in [2.05, 4.69) is 46.5 Å². The summed E-state index contributed by atoms with van der Waals surface area (Å²) in [5.41, 5.74) is 35.1. The van der Waals surface area contributed by atoms with E-state index in [4.69, 9.17) is 44.4 Å². The van der Waals surface area contributed by atoms with Crippen molar-refractivity contribution in [3.05, 3.63) is 65.0 Å². The van der Waals surface area contributed by atoms with Crippen molar-refractivity contribution >= 4 is 64.1 Å². The van der Waals surface area contributed by atoms with Crippen molar-refractivity contribution < 1.29 is 19.5 Å². The molecular weight excluding hydrogens is 598 g/mol. The average Bonchev–Trinajstić information content (AvgIpc) is 3.02. The summed E-state index contributed by atoms with van der Waals surface area (Å²) < 4.78 is 0. The molecule has 2 amide bonds. The summed E-state index contributed by atoms with van der Waals surface area (Å²) in [6, 6.07) is 9.72. The zero-order chi connectivity index (χ0) is 33.6. The zero-order valence-electron chi connectivity index (χ0n) is 24.5. The Bertz CT molecular complexity index is 1730. The Hall–Kier alpha value is -6.50. The van der Waals surface area contributed by atoms with E-state index in [1.54, 1.807) is 36.5 Å². The van der Waals surface area contributed by atoms with Crippen molar-refractivity contribution in [1.82, 2.24) is 36.1 Å². The topological polar surface area (TPSA) is 340 Å². The molecule has 17 N–H and O–H groups in total. The Kier molecular flexibility index (Phi) is 12.1. The van der Waals surface area contributed by atoms with Crippen molar-refractivity contribution in [1.29, 1.82) is 0 Å². The summed E-state index contributed by atoms with van der Waals surface area (Å²) in [6.45, 7) is 0.838. The fourth-order valence-electron chi connectivity index (χ4n) is 4.09. The van der Waals surface area contributed by atoms with Crippen molar-refractivity contribution in [3.8, 4) is 0 Å². The number of fused-ring (bicyclic) bond motifs is 1. The number of carboxylic acid groups (broad SMARTS) is 1. The molecule has 0 aliphatic heterocycles. The van der Waals surface area contributed by atoms with E-state index in [-0.39, 0.29) is 35.9 Å². The lowest BCUT2D eigenvalue weighted by Gasteiger charge is -2.12. The number of amidine groups is 1. The van der Waals surface area contributed by atoms with Crippen LogP contribution in [0.5, 0.6) is 0 Å². The first-order chi connectivity index (χ1) is 22.1. The first-order valence-electron chi connectivity index (χ1n) is 13.6. The van der Waals surface area contributed by atoms with Gasteiger partial charge in [-0.05, 0) is 49.2 Å². The van der Waals surface area contributed by atoms with E-state index in [0.717, 1.165) is 0 Å². The smallest absolute Gasteiger partial charge is 0.290 e. The number of hydrogen-bond acceptors (Lipinski definition) is 15. The van der Waals surface area contributed by atoms with Crippen molar-refractivity contribution in [2.75, 3.05) is 41.3 Å². The number of carbonyl (C=O) groups is 3. The summed E-state index contributed by atoms with van der Waals surface area (Å²) in [5, 5.41) is 19.4. The maximum atomic E-state index is 12.7. The number of nitrogens with zero attached hydrogens (tertiary/aromatic N) is 5. The first kappa shape index (κ1) is 34.0. The fourth-order valence-corrected chi connectivity index (χ4v) is 4.09. The molecule has 0 unspecified atom stereocenters. The van der Waals surface area contributed by atoms with Crippen LogP contribution in [0.2, 0.25) is 0 Å². The number of nitrogens with one attached hydrogen (secondary N) is 4. The van der Waals surface area contributed by atoms with Crippen LogP contribution in [0.1, 0.15) is 44.8 Å². The minimum Gasteiger partial charge on any atom is -0.483 e. The lowest BCUT2D eigenvalue weighted by Crippen LogP contribution is -2.30. The first-order valence-corrected chi connectivity index (χ1v) is 13.6. The number of carbonyl (C=O) groups excluding carboxylic acids is 2. The van der Waals surface area contributed by atoms with Crippen LogP contribution in [0, 0.1) is 0 Å². The van der Waals surface area contributed by atoms with Gasteiger partial charge in [-0.25, -0.2) is 21.3 Å². The molecule has 0 aliphatic rings. The zero-order valence-corrected chi connectivity index (χ0v) is 24.5. The summed E-state index contributed by atoms with van der Waals surface area (Å²) in [7, 11) is 0. The molecule has 0 saturated heterocycles. The van der Waals surface area contributed by atoms with Gasteiger partial charge in [-0.2, -0.15) is 9.97 Å². The highest BCUT2D eigenvalue weighted by Gasteiger charge is 2.15. The second-order valence-corrected chi connectivity index (χ2v) is 9.41. The van der Waals surface area contributed by atoms with Gasteiger partial charge in [-0.1, -0.05) is 0 Å². The normalized spacial score (nSPS) is 10.8. The van der Waals surface area contributed by atoms with Crippen LogP contribution >= 0.6 is 0 Å². The van der Waals surface area contributed by atoms with Gasteiger partial charge in [-0.15, -0.1) is 5.10 Å². The van der Waals surface area contributed by atoms with Crippen molar-refractivity contribution in [3.63, 3.8) is 0 Å². The molecule has 0 saturated carbocycles. The number of amides is 2. The molecule has 0 bridgehead atoms. The molecule has 0 aliphatic carbocycles. The van der Waals surface area contributed by atoms with Gasteiger partial charge >= 0.3 is 0 Å². The summed E-state index contributed by atoms with van der Waals surface area (Å²) >= 11 is 0. The van der Waals surface area contributed by atoms with E-state index >= 15 is 0 Å². The maximum absolute atomic E-state index is 12.7. The fraction of sp³-hybridized carbons (Fsp3) is 0.185. The third-order valence-electron chi connectivity index (χ3n) is 6.19. The molecule has 2 heterocycles. The second-order valence-electron chi connectivity index (χ2n) is 9.41. The largest absolute Gasteiger partial charge is 0.483 e. The Morgan fingerprint density at radius 2 is 1.54 bits per heavy atom. The number of nitrogen functional groups attached to an aromatic ring is 4. The second kappa shape index (κ2) is 16.4. The third-order valence-corrected chi connectivity index (χ3v) is 6.19. The lowest BCUT2D eigenvalue weighted by molar-refractivity contribution is -0.122. The molecule has 4 rings (SSSR count). The minimum atomic E-state index is -0.341. The summed E-state index contributed by atoms with van der Waals surface area (Å²) in [6.07, 6.45) is 2.79. The van der Waals surface area contributed by atoms with Gasteiger partial charge in [0.25, 0.3) is 18.3 Å². The highest BCUT2D eigenvalue weighted by Crippen LogP contribution is 2.20. The standard InChI is InChI=1S/C26H33N15O2.CH2O2/c27-13-3-5-16(18(9-13)21(29)40-41-32)24(42)33-7-1-2-8-34-25(43)17-6-4-14(10-19(17)28)35-11-15-12-36-23-20(37-15)22(30)38-26(31)39-23;2-1-3/h3-6,9-10,12,35,41H,1-2,7-8,11,27-28,32H2,(H2,29,40)(H,33,42)(H,34,43)(H4,30,31,36,38,39);1H,(H,2,3). The predicted octanol–water partition coefficient (Wildman–Crippen LogP) is -0.915. The van der Waals surface area contributed by atoms with Crippen LogP contribution in [0.25, 0.3) is 11.2 Å². The third kappa shape index (κ3) is 9.25. The number of hydrazine groups is 1. The van der Waals surface area contributed by atoms with Crippen molar-refractivity contribution in [2.24, 2.45) is 16.7 Å². The van der Waals surface area contributed by atoms with Crippen LogP contribution in [-0.4, -0.2) is 62.3 Å². The van der Waals surface area contributed by atoms with E-state index in [9.17, 15) is 9.59 Å².